The van der Waals surface area contributed by atoms with Gasteiger partial charge in [0.15, 0.2) is 23.1 Å². The summed E-state index contributed by atoms with van der Waals surface area (Å²) in [5.41, 5.74) is 0.805. The van der Waals surface area contributed by atoms with Crippen LogP contribution in [-0.4, -0.2) is 150 Å². The predicted octanol–water partition coefficient (Wildman–Crippen LogP) is 8.64. The van der Waals surface area contributed by atoms with E-state index in [1.165, 1.54) is 52.0 Å². The molecule has 20 heteroatoms. The molecule has 4 aliphatic rings. The van der Waals surface area contributed by atoms with Crippen LogP contribution in [0, 0.1) is 0 Å². The highest BCUT2D eigenvalue weighted by atomic mass is 16.6. The van der Waals surface area contributed by atoms with Gasteiger partial charge in [0.25, 0.3) is 0 Å². The summed E-state index contributed by atoms with van der Waals surface area (Å²) in [6.07, 6.45) is 1.56. The fourth-order valence-electron chi connectivity index (χ4n) is 9.10. The number of rotatable bonds is 7. The van der Waals surface area contributed by atoms with E-state index in [9.17, 15) is 38.7 Å². The van der Waals surface area contributed by atoms with Crippen LogP contribution in [-0.2, 0) is 33.3 Å². The molecular formula is C56H75N5O15. The van der Waals surface area contributed by atoms with Crippen molar-refractivity contribution in [3.05, 3.63) is 58.9 Å². The summed E-state index contributed by atoms with van der Waals surface area (Å²) >= 11 is 0. The maximum atomic E-state index is 13.7. The highest BCUT2D eigenvalue weighted by Gasteiger charge is 2.56. The molecule has 8 rings (SSSR count). The molecule has 1 spiro atoms. The summed E-state index contributed by atoms with van der Waals surface area (Å²) in [5, 5.41) is 14.8. The topological polar surface area (TPSA) is 249 Å². The fraction of sp³-hybridized carbons (Fsp3) is 0.554. The van der Waals surface area contributed by atoms with Crippen LogP contribution >= 0.6 is 0 Å². The summed E-state index contributed by atoms with van der Waals surface area (Å²) in [4.78, 5) is 97.3. The van der Waals surface area contributed by atoms with Gasteiger partial charge in [0.1, 0.15) is 46.1 Å². The number of amides is 2. The van der Waals surface area contributed by atoms with Gasteiger partial charge in [-0.3, -0.25) is 24.2 Å². The molecule has 76 heavy (non-hydrogen) atoms. The van der Waals surface area contributed by atoms with E-state index in [0.717, 1.165) is 4.90 Å². The molecular weight excluding hydrogens is 983 g/mol. The third-order valence-corrected chi connectivity index (χ3v) is 12.6. The first-order valence-corrected chi connectivity index (χ1v) is 25.4. The lowest BCUT2D eigenvalue weighted by molar-refractivity contribution is -0.146. The molecule has 4 aliphatic heterocycles. The summed E-state index contributed by atoms with van der Waals surface area (Å²) in [7, 11) is 5.61. The average molecular weight is 1060 g/mol. The maximum Gasteiger partial charge on any atom is 0.411 e. The van der Waals surface area contributed by atoms with Gasteiger partial charge in [0, 0.05) is 23.6 Å². The van der Waals surface area contributed by atoms with Crippen molar-refractivity contribution in [1.29, 1.82) is 0 Å². The molecule has 2 N–H and O–H groups in total. The molecule has 0 radical (unpaired) electrons. The predicted molar refractivity (Wildman–Crippen MR) is 283 cm³/mol. The summed E-state index contributed by atoms with van der Waals surface area (Å²) in [5.74, 6) is -0.0444. The van der Waals surface area contributed by atoms with Crippen molar-refractivity contribution in [1.82, 2.24) is 25.1 Å². The molecule has 2 aromatic carbocycles. The molecule has 3 fully saturated rings. The van der Waals surface area contributed by atoms with E-state index in [-0.39, 0.29) is 67.3 Å². The summed E-state index contributed by atoms with van der Waals surface area (Å²) in [6.45, 7) is 22.1. The number of fused-ring (bicyclic) bond motifs is 4. The first-order valence-electron chi connectivity index (χ1n) is 25.4. The van der Waals surface area contributed by atoms with E-state index in [0.29, 0.717) is 61.6 Å². The van der Waals surface area contributed by atoms with E-state index >= 15 is 0 Å². The Kier molecular flexibility index (Phi) is 19.4. The first kappa shape index (κ1) is 59.8. The molecule has 3 atom stereocenters. The van der Waals surface area contributed by atoms with Crippen LogP contribution in [0.3, 0.4) is 0 Å². The minimum absolute atomic E-state index is 0.000645. The van der Waals surface area contributed by atoms with E-state index in [4.69, 9.17) is 33.4 Å². The number of carbonyl (C=O) groups excluding carboxylic acids is 7. The molecule has 6 heterocycles. The molecule has 20 nitrogen and oxygen atoms in total. The van der Waals surface area contributed by atoms with Crippen LogP contribution < -0.4 is 19.5 Å². The molecule has 2 aromatic heterocycles. The molecule has 0 bridgehead atoms. The lowest BCUT2D eigenvalue weighted by Crippen LogP contribution is -2.47. The number of esters is 2. The van der Waals surface area contributed by atoms with E-state index in [1.54, 1.807) is 86.1 Å². The van der Waals surface area contributed by atoms with Gasteiger partial charge < -0.3 is 43.6 Å². The Balaban J connectivity index is 0.000000218. The zero-order chi connectivity index (χ0) is 56.6. The molecule has 4 aromatic rings. The number of ketones is 3. The quantitative estimate of drug-likeness (QED) is 0.0998. The Labute approximate surface area is 444 Å². The van der Waals surface area contributed by atoms with Crippen LogP contribution in [0.25, 0.3) is 21.8 Å². The largest absolute Gasteiger partial charge is 0.505 e. The number of hydrogen-bond acceptors (Lipinski definition) is 18. The van der Waals surface area contributed by atoms with Crippen LogP contribution in [0.2, 0.25) is 0 Å². The van der Waals surface area contributed by atoms with E-state index < -0.39 is 53.0 Å². The van der Waals surface area contributed by atoms with Crippen LogP contribution in [0.5, 0.6) is 23.0 Å². The number of ether oxygens (including phenoxy) is 7. The number of Topliss-reactive ketones (excluding diaryl/α,β-unsaturated/α-hetero) is 3. The van der Waals surface area contributed by atoms with Crippen molar-refractivity contribution < 1.29 is 71.8 Å². The van der Waals surface area contributed by atoms with Gasteiger partial charge in [0.05, 0.1) is 81.5 Å². The van der Waals surface area contributed by atoms with Gasteiger partial charge in [-0.05, 0) is 123 Å². The van der Waals surface area contributed by atoms with Crippen molar-refractivity contribution in [2.24, 2.45) is 0 Å². The number of nitrogens with one attached hydrogen (secondary N) is 1. The Bertz CT molecular complexity index is 2820. The second kappa shape index (κ2) is 24.7. The number of methoxy groups -OCH3 is 4. The normalized spacial score (nSPS) is 18.9. The number of pyridine rings is 2. The number of hydrogen-bond donors (Lipinski definition) is 2. The van der Waals surface area contributed by atoms with E-state index in [1.807, 2.05) is 33.8 Å². The molecule has 3 saturated heterocycles. The van der Waals surface area contributed by atoms with Crippen molar-refractivity contribution in [3.63, 3.8) is 0 Å². The molecule has 1 unspecified atom stereocenters. The Morgan fingerprint density at radius 1 is 0.737 bits per heavy atom. The standard InChI is InChI=1S/C26H32N2O7.C15H17NO3.C11H17NO5.C4H9N/c1-14(2)21-22-20(16-10-15(32-6)8-9-17(16)27-21)19(29)12-26(34-22)11-18(23(30)33-7)28(13-26)24(31)35-25(3,4)5;1-8(2)14-15(18)13(9(3)17)11-7-10(19-4)5-6-12(11)16-14;1-11(2,3)17-10(15)12-6-7(13)5-8(12)9(14)16-4;1-2-4-5-3-1/h8-10,14,18H,11-13H2,1-7H3;5-8,18H,1-4H3;8H,5-6H2,1-4H3;5H,1-4H2/t18-,26?;;8-;/m0.0./s1. The van der Waals surface area contributed by atoms with Gasteiger partial charge in [-0.25, -0.2) is 29.1 Å². The zero-order valence-corrected chi connectivity index (χ0v) is 46.6. The van der Waals surface area contributed by atoms with Gasteiger partial charge >= 0.3 is 24.1 Å². The third-order valence-electron chi connectivity index (χ3n) is 12.6. The van der Waals surface area contributed by atoms with Crippen LogP contribution in [0.4, 0.5) is 9.59 Å². The Morgan fingerprint density at radius 2 is 1.24 bits per heavy atom. The monoisotopic (exact) mass is 1060 g/mol. The highest BCUT2D eigenvalue weighted by Crippen LogP contribution is 2.47. The fourth-order valence-corrected chi connectivity index (χ4v) is 9.10. The molecule has 0 saturated carbocycles. The van der Waals surface area contributed by atoms with Crippen molar-refractivity contribution in [2.45, 2.75) is 149 Å². The van der Waals surface area contributed by atoms with Gasteiger partial charge in [-0.2, -0.15) is 0 Å². The van der Waals surface area contributed by atoms with Crippen molar-refractivity contribution >= 4 is 63.3 Å². The SMILES string of the molecule is C1CCNC1.COC(=O)[C@@H]1CC(=O)CN1C(=O)OC(C)(C)C.COC(=O)[C@@H]1CC2(CC(=O)c3c(c(C(C)C)nc4ccc(OC)cc34)O2)CN1C(=O)OC(C)(C)C.COc1ccc2nc(C(C)C)c(O)c(C(C)=O)c2c1. The molecule has 414 valence electrons. The molecule has 0 aliphatic carbocycles. The smallest absolute Gasteiger partial charge is 0.411 e. The number of carbonyl (C=O) groups is 7. The van der Waals surface area contributed by atoms with Gasteiger partial charge in [0.2, 0.25) is 0 Å². The second-order valence-electron chi connectivity index (χ2n) is 21.6. The van der Waals surface area contributed by atoms with Crippen molar-refractivity contribution in [2.75, 3.05) is 54.6 Å². The van der Waals surface area contributed by atoms with Crippen LogP contribution in [0.15, 0.2) is 36.4 Å². The maximum absolute atomic E-state index is 13.7. The van der Waals surface area contributed by atoms with Gasteiger partial charge in [-0.15, -0.1) is 0 Å². The lowest BCUT2D eigenvalue weighted by atomic mass is 9.85. The number of likely N-dealkylation sites (tertiary alicyclic amines) is 2. The lowest BCUT2D eigenvalue weighted by Gasteiger charge is -2.36. The second-order valence-corrected chi connectivity index (χ2v) is 21.6. The number of nitrogens with zero attached hydrogens (tertiary/aromatic N) is 4. The minimum Gasteiger partial charge on any atom is -0.505 e. The van der Waals surface area contributed by atoms with Crippen LogP contribution in [0.1, 0.15) is 152 Å². The Morgan fingerprint density at radius 3 is 1.71 bits per heavy atom. The first-order chi connectivity index (χ1) is 35.6. The van der Waals surface area contributed by atoms with E-state index in [2.05, 4.69) is 15.0 Å². The minimum atomic E-state index is -1.10. The third kappa shape index (κ3) is 14.4. The van der Waals surface area contributed by atoms with Gasteiger partial charge in [-0.1, -0.05) is 27.7 Å². The number of aromatic nitrogens is 2. The number of benzene rings is 2. The zero-order valence-electron chi connectivity index (χ0n) is 46.6. The summed E-state index contributed by atoms with van der Waals surface area (Å²) < 4.78 is 37.3. The summed E-state index contributed by atoms with van der Waals surface area (Å²) in [6, 6.07) is 8.93. The Hall–Kier alpha value is -7.09. The van der Waals surface area contributed by atoms with Crippen molar-refractivity contribution in [3.8, 4) is 23.0 Å². The highest BCUT2D eigenvalue weighted by molar-refractivity contribution is 6.12. The molecule has 2 amide bonds. The average Bonchev–Trinajstić information content (AvgIpc) is 4.14. The number of aromatic hydroxyl groups is 1.